The molecule has 5 heteroatoms. The van der Waals surface area contributed by atoms with Crippen LogP contribution >= 0.6 is 0 Å². The van der Waals surface area contributed by atoms with E-state index in [2.05, 4.69) is 54.2 Å². The minimum Gasteiger partial charge on any atom is -0.354 e. The second-order valence-corrected chi connectivity index (χ2v) is 8.57. The molecular weight excluding hydrogens is 384 g/mol. The van der Waals surface area contributed by atoms with Gasteiger partial charge < -0.3 is 15.1 Å². The lowest BCUT2D eigenvalue weighted by Gasteiger charge is -2.33. The molecule has 0 bridgehead atoms. The summed E-state index contributed by atoms with van der Waals surface area (Å²) in [5.41, 5.74) is 4.90. The third-order valence-electron chi connectivity index (χ3n) is 6.12. The van der Waals surface area contributed by atoms with Gasteiger partial charge in [-0.1, -0.05) is 25.5 Å². The van der Waals surface area contributed by atoms with Crippen molar-refractivity contribution in [1.82, 2.24) is 9.88 Å². The molecule has 3 aromatic rings. The van der Waals surface area contributed by atoms with Crippen LogP contribution in [0, 0.1) is 6.92 Å². The highest BCUT2D eigenvalue weighted by Gasteiger charge is 2.16. The number of nitrogens with one attached hydrogen (secondary N) is 1. The summed E-state index contributed by atoms with van der Waals surface area (Å²) in [6.07, 6.45) is 3.41. The Balaban J connectivity index is 1.49. The standard InChI is InChI=1S/C26H32N4O/c1-4-5-6-20-7-9-21(10-8-20)26(31)27-22-11-12-24-23(18-22)19(2)17-25(28-24)30-15-13-29(3)14-16-30/h7-12,17-18H,4-6,13-16H2,1-3H3,(H,27,31). The van der Waals surface area contributed by atoms with Gasteiger partial charge in [0.25, 0.3) is 5.91 Å². The fourth-order valence-electron chi connectivity index (χ4n) is 4.06. The number of unbranched alkanes of at least 4 members (excludes halogenated alkanes) is 1. The maximum atomic E-state index is 12.7. The maximum Gasteiger partial charge on any atom is 0.255 e. The van der Waals surface area contributed by atoms with E-state index in [1.54, 1.807) is 0 Å². The summed E-state index contributed by atoms with van der Waals surface area (Å²) in [4.78, 5) is 22.3. The van der Waals surface area contributed by atoms with Crippen LogP contribution in [0.3, 0.4) is 0 Å². The summed E-state index contributed by atoms with van der Waals surface area (Å²) in [5, 5.41) is 4.12. The summed E-state index contributed by atoms with van der Waals surface area (Å²) < 4.78 is 0. The van der Waals surface area contributed by atoms with Crippen molar-refractivity contribution in [2.45, 2.75) is 33.1 Å². The Morgan fingerprint density at radius 3 is 2.48 bits per heavy atom. The average Bonchev–Trinajstić information content (AvgIpc) is 2.79. The molecule has 1 fully saturated rings. The Labute approximate surface area is 185 Å². The number of aromatic nitrogens is 1. The number of aryl methyl sites for hydroxylation is 2. The zero-order chi connectivity index (χ0) is 21.8. The Morgan fingerprint density at radius 2 is 1.77 bits per heavy atom. The van der Waals surface area contributed by atoms with Gasteiger partial charge in [0.05, 0.1) is 5.52 Å². The molecule has 0 aliphatic carbocycles. The third-order valence-corrected chi connectivity index (χ3v) is 6.12. The normalized spacial score (nSPS) is 14.7. The molecule has 5 nitrogen and oxygen atoms in total. The molecular formula is C26H32N4O. The molecule has 4 rings (SSSR count). The van der Waals surface area contributed by atoms with Crippen LogP contribution in [-0.2, 0) is 6.42 Å². The molecule has 0 unspecified atom stereocenters. The molecule has 0 atom stereocenters. The molecule has 1 aromatic heterocycles. The second-order valence-electron chi connectivity index (χ2n) is 8.57. The molecule has 2 aromatic carbocycles. The zero-order valence-corrected chi connectivity index (χ0v) is 18.8. The maximum absolute atomic E-state index is 12.7. The van der Waals surface area contributed by atoms with E-state index in [0.29, 0.717) is 5.56 Å². The minimum atomic E-state index is -0.0824. The van der Waals surface area contributed by atoms with Crippen LogP contribution in [0.25, 0.3) is 10.9 Å². The van der Waals surface area contributed by atoms with Crippen molar-refractivity contribution in [2.75, 3.05) is 43.4 Å². The van der Waals surface area contributed by atoms with Gasteiger partial charge >= 0.3 is 0 Å². The number of carbonyl (C=O) groups excluding carboxylic acids is 1. The number of hydrogen-bond acceptors (Lipinski definition) is 4. The van der Waals surface area contributed by atoms with Gasteiger partial charge in [-0.3, -0.25) is 4.79 Å². The molecule has 0 saturated carbocycles. The number of rotatable bonds is 6. The number of likely N-dealkylation sites (N-methyl/N-ethyl adjacent to an activating group) is 1. The van der Waals surface area contributed by atoms with E-state index in [4.69, 9.17) is 4.98 Å². The van der Waals surface area contributed by atoms with Crippen molar-refractivity contribution < 1.29 is 4.79 Å². The van der Waals surface area contributed by atoms with Crippen LogP contribution < -0.4 is 10.2 Å². The smallest absolute Gasteiger partial charge is 0.255 e. The molecule has 0 radical (unpaired) electrons. The number of pyridine rings is 1. The lowest BCUT2D eigenvalue weighted by Crippen LogP contribution is -2.44. The van der Waals surface area contributed by atoms with E-state index in [1.807, 2.05) is 30.3 Å². The molecule has 31 heavy (non-hydrogen) atoms. The molecule has 0 spiro atoms. The van der Waals surface area contributed by atoms with Crippen molar-refractivity contribution in [3.63, 3.8) is 0 Å². The Kier molecular flexibility index (Phi) is 6.52. The fourth-order valence-corrected chi connectivity index (χ4v) is 4.06. The molecule has 162 valence electrons. The van der Waals surface area contributed by atoms with Crippen molar-refractivity contribution in [2.24, 2.45) is 0 Å². The highest BCUT2D eigenvalue weighted by molar-refractivity contribution is 6.05. The lowest BCUT2D eigenvalue weighted by molar-refractivity contribution is 0.102. The molecule has 1 aliphatic rings. The van der Waals surface area contributed by atoms with E-state index in [-0.39, 0.29) is 5.91 Å². The summed E-state index contributed by atoms with van der Waals surface area (Å²) in [6.45, 7) is 8.42. The van der Waals surface area contributed by atoms with Gasteiger partial charge in [0, 0.05) is 42.8 Å². The zero-order valence-electron chi connectivity index (χ0n) is 18.8. The summed E-state index contributed by atoms with van der Waals surface area (Å²) in [5.74, 6) is 0.958. The van der Waals surface area contributed by atoms with Crippen LogP contribution in [0.15, 0.2) is 48.5 Å². The van der Waals surface area contributed by atoms with E-state index in [0.717, 1.165) is 55.0 Å². The number of piperazine rings is 1. The number of amides is 1. The average molecular weight is 417 g/mol. The third kappa shape index (κ3) is 5.05. The minimum absolute atomic E-state index is 0.0824. The fraction of sp³-hybridized carbons (Fsp3) is 0.385. The number of fused-ring (bicyclic) bond motifs is 1. The topological polar surface area (TPSA) is 48.5 Å². The lowest BCUT2D eigenvalue weighted by atomic mass is 10.1. The molecule has 2 heterocycles. The monoisotopic (exact) mass is 416 g/mol. The van der Waals surface area contributed by atoms with Gasteiger partial charge in [0.15, 0.2) is 0 Å². The quantitative estimate of drug-likeness (QED) is 0.622. The Bertz CT molecular complexity index is 1050. The van der Waals surface area contributed by atoms with Gasteiger partial charge in [-0.25, -0.2) is 4.98 Å². The van der Waals surface area contributed by atoms with E-state index in [1.165, 1.54) is 24.0 Å². The number of anilines is 2. The highest BCUT2D eigenvalue weighted by Crippen LogP contribution is 2.26. The molecule has 1 aliphatic heterocycles. The summed E-state index contributed by atoms with van der Waals surface area (Å²) >= 11 is 0. The molecule has 1 saturated heterocycles. The number of benzene rings is 2. The van der Waals surface area contributed by atoms with Gasteiger partial charge in [-0.05, 0) is 74.3 Å². The SMILES string of the molecule is CCCCc1ccc(C(=O)Nc2ccc3nc(N4CCN(C)CC4)cc(C)c3c2)cc1. The van der Waals surface area contributed by atoms with Crippen LogP contribution in [0.1, 0.15) is 41.3 Å². The first-order chi connectivity index (χ1) is 15.0. The number of carbonyl (C=O) groups is 1. The van der Waals surface area contributed by atoms with Gasteiger partial charge in [0.2, 0.25) is 0 Å². The molecule has 1 N–H and O–H groups in total. The Hall–Kier alpha value is -2.92. The predicted octanol–water partition coefficient (Wildman–Crippen LogP) is 4.89. The highest BCUT2D eigenvalue weighted by atomic mass is 16.1. The van der Waals surface area contributed by atoms with Crippen molar-refractivity contribution >= 4 is 28.3 Å². The van der Waals surface area contributed by atoms with E-state index in [9.17, 15) is 4.79 Å². The van der Waals surface area contributed by atoms with Crippen molar-refractivity contribution in [3.05, 3.63) is 65.2 Å². The van der Waals surface area contributed by atoms with Gasteiger partial charge in [0.1, 0.15) is 5.82 Å². The van der Waals surface area contributed by atoms with Crippen LogP contribution in [-0.4, -0.2) is 49.0 Å². The van der Waals surface area contributed by atoms with Gasteiger partial charge in [-0.15, -0.1) is 0 Å². The first-order valence-corrected chi connectivity index (χ1v) is 11.3. The summed E-state index contributed by atoms with van der Waals surface area (Å²) in [6, 6.07) is 16.1. The van der Waals surface area contributed by atoms with Crippen LogP contribution in [0.5, 0.6) is 0 Å². The van der Waals surface area contributed by atoms with Gasteiger partial charge in [-0.2, -0.15) is 0 Å². The number of nitrogens with zero attached hydrogens (tertiary/aromatic N) is 3. The predicted molar refractivity (Wildman–Crippen MR) is 129 cm³/mol. The first-order valence-electron chi connectivity index (χ1n) is 11.3. The second kappa shape index (κ2) is 9.48. The molecule has 1 amide bonds. The van der Waals surface area contributed by atoms with Crippen LogP contribution in [0.4, 0.5) is 11.5 Å². The van der Waals surface area contributed by atoms with E-state index < -0.39 is 0 Å². The first kappa shape index (κ1) is 21.3. The van der Waals surface area contributed by atoms with Crippen LogP contribution in [0.2, 0.25) is 0 Å². The largest absolute Gasteiger partial charge is 0.354 e. The van der Waals surface area contributed by atoms with Crippen molar-refractivity contribution in [3.8, 4) is 0 Å². The Morgan fingerprint density at radius 1 is 1.03 bits per heavy atom. The summed E-state index contributed by atoms with van der Waals surface area (Å²) in [7, 11) is 2.16. The van der Waals surface area contributed by atoms with E-state index >= 15 is 0 Å². The number of hydrogen-bond donors (Lipinski definition) is 1. The van der Waals surface area contributed by atoms with Crippen molar-refractivity contribution in [1.29, 1.82) is 0 Å².